The predicted molar refractivity (Wildman–Crippen MR) is 74.0 cm³/mol. The van der Waals surface area contributed by atoms with Crippen LogP contribution < -0.4 is 5.32 Å². The van der Waals surface area contributed by atoms with Crippen LogP contribution in [0.4, 0.5) is 0 Å². The van der Waals surface area contributed by atoms with Crippen molar-refractivity contribution in [3.05, 3.63) is 22.6 Å². The van der Waals surface area contributed by atoms with Crippen LogP contribution >= 0.6 is 15.9 Å². The van der Waals surface area contributed by atoms with Gasteiger partial charge >= 0.3 is 0 Å². The largest absolute Gasteiger partial charge is 0.453 e. The molecule has 96 valence electrons. The van der Waals surface area contributed by atoms with Gasteiger partial charge in [-0.3, -0.25) is 0 Å². The van der Waals surface area contributed by atoms with Gasteiger partial charge in [-0.15, -0.1) is 0 Å². The second-order valence-electron chi connectivity index (χ2n) is 5.39. The van der Waals surface area contributed by atoms with Gasteiger partial charge in [0.05, 0.1) is 6.04 Å². The first-order valence-corrected chi connectivity index (χ1v) is 7.43. The van der Waals surface area contributed by atoms with Crippen LogP contribution in [0.3, 0.4) is 0 Å². The summed E-state index contributed by atoms with van der Waals surface area (Å²) in [5.74, 6) is 1.08. The highest BCUT2D eigenvalue weighted by molar-refractivity contribution is 9.10. The molecule has 1 unspecified atom stereocenters. The molecule has 3 heteroatoms. The first kappa shape index (κ1) is 13.2. The van der Waals surface area contributed by atoms with Crippen molar-refractivity contribution in [3.63, 3.8) is 0 Å². The molecule has 1 atom stereocenters. The molecule has 2 nitrogen and oxygen atoms in total. The average molecular weight is 300 g/mol. The molecule has 17 heavy (non-hydrogen) atoms. The molecule has 1 aliphatic carbocycles. The minimum atomic E-state index is 0.354. The van der Waals surface area contributed by atoms with Crippen molar-refractivity contribution in [3.8, 4) is 0 Å². The lowest BCUT2D eigenvalue weighted by Crippen LogP contribution is -2.34. The first-order valence-electron chi connectivity index (χ1n) is 6.64. The van der Waals surface area contributed by atoms with Crippen molar-refractivity contribution < 1.29 is 4.42 Å². The highest BCUT2D eigenvalue weighted by atomic mass is 79.9. The molecule has 1 heterocycles. The summed E-state index contributed by atoms with van der Waals surface area (Å²) in [6, 6.07) is 4.45. The lowest BCUT2D eigenvalue weighted by Gasteiger charge is -2.33. The number of hydrogen-bond acceptors (Lipinski definition) is 2. The van der Waals surface area contributed by atoms with E-state index in [9.17, 15) is 0 Å². The molecule has 2 rings (SSSR count). The SMILES string of the molecule is CCCNC(c1ccc(Br)o1)C1(C)CCCC1. The quantitative estimate of drug-likeness (QED) is 0.855. The van der Waals surface area contributed by atoms with Crippen LogP contribution in [-0.2, 0) is 0 Å². The first-order chi connectivity index (χ1) is 8.15. The Labute approximate surface area is 112 Å². The summed E-state index contributed by atoms with van der Waals surface area (Å²) < 4.78 is 6.61. The molecule has 0 amide bonds. The third kappa shape index (κ3) is 2.94. The molecule has 1 fully saturated rings. The molecule has 0 bridgehead atoms. The molecular formula is C14H22BrNO. The van der Waals surface area contributed by atoms with E-state index in [1.165, 1.54) is 25.7 Å². The number of rotatable bonds is 5. The van der Waals surface area contributed by atoms with Gasteiger partial charge in [0.2, 0.25) is 0 Å². The van der Waals surface area contributed by atoms with Crippen molar-refractivity contribution >= 4 is 15.9 Å². The molecule has 1 saturated carbocycles. The highest BCUT2D eigenvalue weighted by Crippen LogP contribution is 2.47. The maximum atomic E-state index is 5.77. The average Bonchev–Trinajstić information content (AvgIpc) is 2.89. The second-order valence-corrected chi connectivity index (χ2v) is 6.17. The molecule has 1 aromatic rings. The van der Waals surface area contributed by atoms with Crippen molar-refractivity contribution in [1.82, 2.24) is 5.32 Å². The summed E-state index contributed by atoms with van der Waals surface area (Å²) in [6.07, 6.45) is 6.46. The van der Waals surface area contributed by atoms with E-state index in [0.29, 0.717) is 11.5 Å². The Bertz CT molecular complexity index is 355. The zero-order valence-corrected chi connectivity index (χ0v) is 12.3. The van der Waals surface area contributed by atoms with E-state index >= 15 is 0 Å². The van der Waals surface area contributed by atoms with Crippen LogP contribution in [0.15, 0.2) is 21.2 Å². The van der Waals surface area contributed by atoms with E-state index in [-0.39, 0.29) is 0 Å². The smallest absolute Gasteiger partial charge is 0.169 e. The summed E-state index contributed by atoms with van der Waals surface area (Å²) in [4.78, 5) is 0. The molecule has 1 N–H and O–H groups in total. The normalized spacial score (nSPS) is 20.6. The van der Waals surface area contributed by atoms with Gasteiger partial charge in [-0.1, -0.05) is 26.7 Å². The zero-order chi connectivity index (χ0) is 12.3. The Kier molecular flexibility index (Phi) is 4.31. The van der Waals surface area contributed by atoms with Crippen LogP contribution in [0.5, 0.6) is 0 Å². The third-order valence-corrected chi connectivity index (χ3v) is 4.35. The van der Waals surface area contributed by atoms with E-state index in [1.807, 2.05) is 6.07 Å². The summed E-state index contributed by atoms with van der Waals surface area (Å²) >= 11 is 3.40. The van der Waals surface area contributed by atoms with E-state index in [2.05, 4.69) is 41.2 Å². The summed E-state index contributed by atoms with van der Waals surface area (Å²) in [5, 5.41) is 3.67. The fourth-order valence-electron chi connectivity index (χ4n) is 2.93. The fraction of sp³-hybridized carbons (Fsp3) is 0.714. The van der Waals surface area contributed by atoms with Gasteiger partial charge in [-0.25, -0.2) is 0 Å². The lowest BCUT2D eigenvalue weighted by molar-refractivity contribution is 0.195. The Hall–Kier alpha value is -0.280. The van der Waals surface area contributed by atoms with Gasteiger partial charge in [0, 0.05) is 0 Å². The van der Waals surface area contributed by atoms with Gasteiger partial charge in [0.25, 0.3) is 0 Å². The molecule has 0 spiro atoms. The monoisotopic (exact) mass is 299 g/mol. The molecule has 0 aliphatic heterocycles. The van der Waals surface area contributed by atoms with Crippen molar-refractivity contribution in [1.29, 1.82) is 0 Å². The van der Waals surface area contributed by atoms with Crippen LogP contribution in [0, 0.1) is 5.41 Å². The molecule has 1 aromatic heterocycles. The predicted octanol–water partition coefficient (Wildman–Crippen LogP) is 4.66. The van der Waals surface area contributed by atoms with Crippen LogP contribution in [0.1, 0.15) is 57.8 Å². The highest BCUT2D eigenvalue weighted by Gasteiger charge is 2.39. The minimum Gasteiger partial charge on any atom is -0.453 e. The molecule has 0 saturated heterocycles. The Morgan fingerprint density at radius 3 is 2.65 bits per heavy atom. The van der Waals surface area contributed by atoms with E-state index < -0.39 is 0 Å². The van der Waals surface area contributed by atoms with E-state index in [0.717, 1.165) is 23.4 Å². The molecular weight excluding hydrogens is 278 g/mol. The van der Waals surface area contributed by atoms with Crippen LogP contribution in [-0.4, -0.2) is 6.54 Å². The van der Waals surface area contributed by atoms with Gasteiger partial charge in [0.15, 0.2) is 4.67 Å². The van der Waals surface area contributed by atoms with Crippen molar-refractivity contribution in [2.45, 2.75) is 52.0 Å². The van der Waals surface area contributed by atoms with Gasteiger partial charge in [-0.2, -0.15) is 0 Å². The second kappa shape index (κ2) is 5.57. The number of nitrogens with one attached hydrogen (secondary N) is 1. The maximum Gasteiger partial charge on any atom is 0.169 e. The summed E-state index contributed by atoms with van der Waals surface area (Å²) in [5.41, 5.74) is 0.354. The van der Waals surface area contributed by atoms with Crippen molar-refractivity contribution in [2.75, 3.05) is 6.54 Å². The Morgan fingerprint density at radius 1 is 1.41 bits per heavy atom. The molecule has 1 aliphatic rings. The summed E-state index contributed by atoms with van der Waals surface area (Å²) in [6.45, 7) is 5.65. The third-order valence-electron chi connectivity index (χ3n) is 3.92. The van der Waals surface area contributed by atoms with E-state index in [1.54, 1.807) is 0 Å². The topological polar surface area (TPSA) is 25.2 Å². The fourth-order valence-corrected chi connectivity index (χ4v) is 3.25. The maximum absolute atomic E-state index is 5.77. The Balaban J connectivity index is 2.18. The lowest BCUT2D eigenvalue weighted by atomic mass is 9.79. The van der Waals surface area contributed by atoms with Gasteiger partial charge in [0.1, 0.15) is 5.76 Å². The standard InChI is InChI=1S/C14H22BrNO/c1-3-10-16-13(11-6-7-12(15)17-11)14(2)8-4-5-9-14/h6-7,13,16H,3-5,8-10H2,1-2H3. The van der Waals surface area contributed by atoms with E-state index in [4.69, 9.17) is 4.42 Å². The minimum absolute atomic E-state index is 0.354. The molecule has 0 aromatic carbocycles. The number of halogens is 1. The van der Waals surface area contributed by atoms with Gasteiger partial charge < -0.3 is 9.73 Å². The molecule has 0 radical (unpaired) electrons. The van der Waals surface area contributed by atoms with Crippen LogP contribution in [0.2, 0.25) is 0 Å². The van der Waals surface area contributed by atoms with Gasteiger partial charge in [-0.05, 0) is 59.3 Å². The summed E-state index contributed by atoms with van der Waals surface area (Å²) in [7, 11) is 0. The zero-order valence-electron chi connectivity index (χ0n) is 10.8. The van der Waals surface area contributed by atoms with Crippen molar-refractivity contribution in [2.24, 2.45) is 5.41 Å². The van der Waals surface area contributed by atoms with Crippen LogP contribution in [0.25, 0.3) is 0 Å². The number of hydrogen-bond donors (Lipinski definition) is 1. The number of furan rings is 1. The Morgan fingerprint density at radius 2 is 2.12 bits per heavy atom.